The first-order valence-electron chi connectivity index (χ1n) is 5.63. The van der Waals surface area contributed by atoms with E-state index < -0.39 is 6.09 Å². The monoisotopic (exact) mass is 340 g/mol. The average molecular weight is 342 g/mol. The summed E-state index contributed by atoms with van der Waals surface area (Å²) in [6.07, 6.45) is -0.736. The molecule has 2 aromatic rings. The standard InChI is InChI=1S/C14H7Cl3N2O2/c15-10-5-12(17)13(6-11(10)16)19-14(20)21-9-3-1-8(7-18)2-4-9/h1-6H,(H,19,20). The molecule has 1 N–H and O–H groups in total. The summed E-state index contributed by atoms with van der Waals surface area (Å²) in [6.45, 7) is 0. The third-order valence-electron chi connectivity index (χ3n) is 2.44. The number of carbonyl (C=O) groups is 1. The molecule has 106 valence electrons. The van der Waals surface area contributed by atoms with Gasteiger partial charge in [0.05, 0.1) is 32.4 Å². The van der Waals surface area contributed by atoms with Crippen LogP contribution >= 0.6 is 34.8 Å². The molecule has 0 radical (unpaired) electrons. The van der Waals surface area contributed by atoms with Crippen molar-refractivity contribution in [2.45, 2.75) is 0 Å². The molecular formula is C14H7Cl3N2O2. The second kappa shape index (κ2) is 6.68. The first kappa shape index (κ1) is 15.5. The lowest BCUT2D eigenvalue weighted by atomic mass is 10.2. The summed E-state index contributed by atoms with van der Waals surface area (Å²) in [6, 6.07) is 10.9. The van der Waals surface area contributed by atoms with Gasteiger partial charge in [0.2, 0.25) is 0 Å². The number of nitriles is 1. The molecule has 1 amide bonds. The average Bonchev–Trinajstić information content (AvgIpc) is 2.45. The number of nitrogens with zero attached hydrogens (tertiary/aromatic N) is 1. The molecule has 2 aromatic carbocycles. The van der Waals surface area contributed by atoms with E-state index in [-0.39, 0.29) is 20.8 Å². The Hall–Kier alpha value is -1.93. The van der Waals surface area contributed by atoms with Crippen molar-refractivity contribution in [1.29, 1.82) is 5.26 Å². The highest BCUT2D eigenvalue weighted by Crippen LogP contribution is 2.32. The van der Waals surface area contributed by atoms with Crippen molar-refractivity contribution in [2.75, 3.05) is 5.32 Å². The molecule has 0 aliphatic heterocycles. The Morgan fingerprint density at radius 1 is 1.05 bits per heavy atom. The van der Waals surface area contributed by atoms with E-state index >= 15 is 0 Å². The van der Waals surface area contributed by atoms with Crippen molar-refractivity contribution in [3.05, 3.63) is 57.0 Å². The highest BCUT2D eigenvalue weighted by atomic mass is 35.5. The minimum absolute atomic E-state index is 0.237. The van der Waals surface area contributed by atoms with E-state index in [0.717, 1.165) is 0 Å². The Kier molecular flexibility index (Phi) is 4.92. The van der Waals surface area contributed by atoms with Crippen LogP contribution in [-0.4, -0.2) is 6.09 Å². The summed E-state index contributed by atoms with van der Waals surface area (Å²) in [5.41, 5.74) is 0.750. The zero-order valence-corrected chi connectivity index (χ0v) is 12.6. The van der Waals surface area contributed by atoms with Gasteiger partial charge in [0.1, 0.15) is 5.75 Å². The highest BCUT2D eigenvalue weighted by Gasteiger charge is 2.11. The molecule has 0 spiro atoms. The summed E-state index contributed by atoms with van der Waals surface area (Å²) in [7, 11) is 0. The Balaban J connectivity index is 2.08. The van der Waals surface area contributed by atoms with Crippen LogP contribution in [0, 0.1) is 11.3 Å². The van der Waals surface area contributed by atoms with Gasteiger partial charge in [-0.15, -0.1) is 0 Å². The van der Waals surface area contributed by atoms with E-state index in [4.69, 9.17) is 44.8 Å². The lowest BCUT2D eigenvalue weighted by Crippen LogP contribution is -2.17. The normalized spacial score (nSPS) is 9.81. The molecule has 2 rings (SSSR count). The lowest BCUT2D eigenvalue weighted by molar-refractivity contribution is 0.215. The molecule has 0 heterocycles. The predicted octanol–water partition coefficient (Wildman–Crippen LogP) is 5.13. The van der Waals surface area contributed by atoms with E-state index in [1.54, 1.807) is 0 Å². The molecule has 0 saturated carbocycles. The van der Waals surface area contributed by atoms with Gasteiger partial charge < -0.3 is 4.74 Å². The lowest BCUT2D eigenvalue weighted by Gasteiger charge is -2.09. The molecule has 0 aliphatic carbocycles. The number of nitrogens with one attached hydrogen (secondary N) is 1. The highest BCUT2D eigenvalue weighted by molar-refractivity contribution is 6.44. The van der Waals surface area contributed by atoms with Crippen LogP contribution < -0.4 is 10.1 Å². The number of ether oxygens (including phenoxy) is 1. The first-order chi connectivity index (χ1) is 9.99. The van der Waals surface area contributed by atoms with Gasteiger partial charge >= 0.3 is 6.09 Å². The van der Waals surface area contributed by atoms with Crippen LogP contribution in [0.4, 0.5) is 10.5 Å². The van der Waals surface area contributed by atoms with Gasteiger partial charge in [-0.1, -0.05) is 34.8 Å². The van der Waals surface area contributed by atoms with Crippen molar-refractivity contribution >= 4 is 46.6 Å². The number of amides is 1. The van der Waals surface area contributed by atoms with Gasteiger partial charge in [-0.25, -0.2) is 4.79 Å². The summed E-state index contributed by atoms with van der Waals surface area (Å²) in [5.74, 6) is 0.294. The van der Waals surface area contributed by atoms with Crippen LogP contribution in [0.2, 0.25) is 15.1 Å². The van der Waals surface area contributed by atoms with Gasteiger partial charge in [-0.2, -0.15) is 5.26 Å². The van der Waals surface area contributed by atoms with Crippen LogP contribution in [0.15, 0.2) is 36.4 Å². The van der Waals surface area contributed by atoms with Crippen LogP contribution in [0.3, 0.4) is 0 Å². The fourth-order valence-corrected chi connectivity index (χ4v) is 2.05. The number of benzene rings is 2. The van der Waals surface area contributed by atoms with Crippen LogP contribution in [-0.2, 0) is 0 Å². The van der Waals surface area contributed by atoms with Gasteiger partial charge in [0.25, 0.3) is 0 Å². The number of carbonyl (C=O) groups excluding carboxylic acids is 1. The first-order valence-corrected chi connectivity index (χ1v) is 6.76. The van der Waals surface area contributed by atoms with E-state index in [1.807, 2.05) is 6.07 Å². The number of rotatable bonds is 2. The molecule has 0 saturated heterocycles. The Morgan fingerprint density at radius 2 is 1.67 bits per heavy atom. The fourth-order valence-electron chi connectivity index (χ4n) is 1.46. The molecule has 4 nitrogen and oxygen atoms in total. The minimum Gasteiger partial charge on any atom is -0.410 e. The molecule has 21 heavy (non-hydrogen) atoms. The van der Waals surface area contributed by atoms with Crippen LogP contribution in [0.5, 0.6) is 5.75 Å². The zero-order valence-electron chi connectivity index (χ0n) is 10.4. The molecule has 0 fully saturated rings. The van der Waals surface area contributed by atoms with Crippen LogP contribution in [0.1, 0.15) is 5.56 Å². The van der Waals surface area contributed by atoms with E-state index in [9.17, 15) is 4.79 Å². The zero-order chi connectivity index (χ0) is 15.4. The molecule has 0 atom stereocenters. The smallest absolute Gasteiger partial charge is 0.410 e. The largest absolute Gasteiger partial charge is 0.417 e. The van der Waals surface area contributed by atoms with Crippen molar-refractivity contribution in [3.8, 4) is 11.8 Å². The summed E-state index contributed by atoms with van der Waals surface area (Å²) < 4.78 is 5.05. The number of halogens is 3. The van der Waals surface area contributed by atoms with Gasteiger partial charge in [0.15, 0.2) is 0 Å². The summed E-state index contributed by atoms with van der Waals surface area (Å²) >= 11 is 17.6. The second-order valence-corrected chi connectivity index (χ2v) is 5.12. The van der Waals surface area contributed by atoms with Crippen molar-refractivity contribution in [1.82, 2.24) is 0 Å². The van der Waals surface area contributed by atoms with E-state index in [2.05, 4.69) is 5.32 Å². The molecule has 0 aliphatic rings. The Labute approximate surface area is 135 Å². The van der Waals surface area contributed by atoms with Crippen molar-refractivity contribution in [2.24, 2.45) is 0 Å². The van der Waals surface area contributed by atoms with E-state index in [1.165, 1.54) is 36.4 Å². The second-order valence-electron chi connectivity index (χ2n) is 3.90. The molecule has 0 bridgehead atoms. The number of anilines is 1. The Bertz CT molecular complexity index is 724. The summed E-state index contributed by atoms with van der Waals surface area (Å²) in [5, 5.41) is 11.9. The molecule has 7 heteroatoms. The topological polar surface area (TPSA) is 62.1 Å². The predicted molar refractivity (Wildman–Crippen MR) is 82.3 cm³/mol. The van der Waals surface area contributed by atoms with Crippen molar-refractivity contribution < 1.29 is 9.53 Å². The third-order valence-corrected chi connectivity index (χ3v) is 3.48. The SMILES string of the molecule is N#Cc1ccc(OC(=O)Nc2cc(Cl)c(Cl)cc2Cl)cc1. The Morgan fingerprint density at radius 3 is 2.29 bits per heavy atom. The van der Waals surface area contributed by atoms with E-state index in [0.29, 0.717) is 11.3 Å². The number of hydrogen-bond acceptors (Lipinski definition) is 3. The quantitative estimate of drug-likeness (QED) is 0.770. The third kappa shape index (κ3) is 4.02. The number of hydrogen-bond donors (Lipinski definition) is 1. The maximum Gasteiger partial charge on any atom is 0.417 e. The van der Waals surface area contributed by atoms with Crippen LogP contribution in [0.25, 0.3) is 0 Å². The minimum atomic E-state index is -0.736. The van der Waals surface area contributed by atoms with Gasteiger partial charge in [-0.05, 0) is 36.4 Å². The molecular weight excluding hydrogens is 335 g/mol. The molecule has 0 unspecified atom stereocenters. The maximum atomic E-state index is 11.8. The molecule has 0 aromatic heterocycles. The summed E-state index contributed by atoms with van der Waals surface area (Å²) in [4.78, 5) is 11.8. The van der Waals surface area contributed by atoms with Gasteiger partial charge in [0, 0.05) is 0 Å². The van der Waals surface area contributed by atoms with Gasteiger partial charge in [-0.3, -0.25) is 5.32 Å². The maximum absolute atomic E-state index is 11.8. The van der Waals surface area contributed by atoms with Crippen molar-refractivity contribution in [3.63, 3.8) is 0 Å². The fraction of sp³-hybridized carbons (Fsp3) is 0.